The molecular weight excluding hydrogens is 266 g/mol. The summed E-state index contributed by atoms with van der Waals surface area (Å²) in [6.45, 7) is 1.81. The predicted octanol–water partition coefficient (Wildman–Crippen LogP) is 0.357. The summed E-state index contributed by atoms with van der Waals surface area (Å²) in [5.41, 5.74) is 11.7. The van der Waals surface area contributed by atoms with Gasteiger partial charge in [-0.15, -0.1) is 0 Å². The van der Waals surface area contributed by atoms with Gasteiger partial charge in [-0.2, -0.15) is 0 Å². The number of primary amides is 1. The summed E-state index contributed by atoms with van der Waals surface area (Å²) in [5, 5.41) is 3.10. The molecule has 0 radical (unpaired) electrons. The van der Waals surface area contributed by atoms with Gasteiger partial charge in [-0.3, -0.25) is 4.79 Å². The minimum atomic E-state index is -3.03. The van der Waals surface area contributed by atoms with E-state index in [0.717, 1.165) is 0 Å². The summed E-state index contributed by atoms with van der Waals surface area (Å²) in [5.74, 6) is -0.399. The van der Waals surface area contributed by atoms with Crippen molar-refractivity contribution in [3.63, 3.8) is 0 Å². The molecule has 1 saturated heterocycles. The Morgan fingerprint density at radius 1 is 1.42 bits per heavy atom. The zero-order chi connectivity index (χ0) is 14.3. The van der Waals surface area contributed by atoms with E-state index in [2.05, 4.69) is 5.32 Å². The van der Waals surface area contributed by atoms with Crippen LogP contribution in [0.2, 0.25) is 0 Å². The molecule has 0 bridgehead atoms. The van der Waals surface area contributed by atoms with Gasteiger partial charge in [-0.25, -0.2) is 8.42 Å². The Morgan fingerprint density at radius 2 is 2.11 bits per heavy atom. The Bertz CT molecular complexity index is 627. The monoisotopic (exact) mass is 283 g/mol. The van der Waals surface area contributed by atoms with Crippen LogP contribution in [-0.2, 0) is 9.84 Å². The highest BCUT2D eigenvalue weighted by atomic mass is 32.2. The lowest BCUT2D eigenvalue weighted by atomic mass is 10.00. The fraction of sp³-hybridized carbons (Fsp3) is 0.417. The van der Waals surface area contributed by atoms with Gasteiger partial charge in [0, 0.05) is 16.9 Å². The third-order valence-corrected chi connectivity index (χ3v) is 5.15. The van der Waals surface area contributed by atoms with Crippen molar-refractivity contribution in [1.29, 1.82) is 0 Å². The lowest BCUT2D eigenvalue weighted by molar-refractivity contribution is 0.100. The number of sulfone groups is 1. The van der Waals surface area contributed by atoms with Crippen molar-refractivity contribution in [2.24, 2.45) is 5.73 Å². The topological polar surface area (TPSA) is 115 Å². The summed E-state index contributed by atoms with van der Waals surface area (Å²) >= 11 is 0. The number of rotatable bonds is 3. The highest BCUT2D eigenvalue weighted by molar-refractivity contribution is 7.91. The molecule has 1 aliphatic rings. The Morgan fingerprint density at radius 3 is 2.63 bits per heavy atom. The minimum Gasteiger partial charge on any atom is -0.399 e. The minimum absolute atomic E-state index is 0.0347. The maximum absolute atomic E-state index is 11.6. The van der Waals surface area contributed by atoms with Gasteiger partial charge in [0.1, 0.15) is 0 Å². The lowest BCUT2D eigenvalue weighted by Crippen LogP contribution is -2.36. The molecule has 0 saturated carbocycles. The molecule has 1 fully saturated rings. The van der Waals surface area contributed by atoms with Crippen molar-refractivity contribution in [3.8, 4) is 0 Å². The first-order valence-electron chi connectivity index (χ1n) is 5.89. The van der Waals surface area contributed by atoms with Crippen molar-refractivity contribution in [2.75, 3.05) is 22.6 Å². The summed E-state index contributed by atoms with van der Waals surface area (Å²) < 4.78 is 23.1. The van der Waals surface area contributed by atoms with Crippen LogP contribution in [0.1, 0.15) is 23.7 Å². The van der Waals surface area contributed by atoms with Crippen molar-refractivity contribution in [1.82, 2.24) is 0 Å². The van der Waals surface area contributed by atoms with Crippen LogP contribution >= 0.6 is 0 Å². The number of amides is 1. The highest BCUT2D eigenvalue weighted by Gasteiger charge is 2.38. The molecule has 1 amide bonds. The van der Waals surface area contributed by atoms with Crippen LogP contribution in [0.25, 0.3) is 0 Å². The number of benzene rings is 1. The van der Waals surface area contributed by atoms with Crippen molar-refractivity contribution < 1.29 is 13.2 Å². The summed E-state index contributed by atoms with van der Waals surface area (Å²) in [7, 11) is -3.03. The number of nitrogen functional groups attached to an aromatic ring is 1. The first-order valence-corrected chi connectivity index (χ1v) is 7.71. The quantitative estimate of drug-likeness (QED) is 0.693. The average Bonchev–Trinajstić information content (AvgIpc) is 2.52. The molecule has 0 aliphatic carbocycles. The Kier molecular flexibility index (Phi) is 3.17. The third-order valence-electron chi connectivity index (χ3n) is 3.25. The van der Waals surface area contributed by atoms with E-state index in [1.54, 1.807) is 12.1 Å². The van der Waals surface area contributed by atoms with Gasteiger partial charge >= 0.3 is 0 Å². The van der Waals surface area contributed by atoms with Crippen LogP contribution < -0.4 is 16.8 Å². The van der Waals surface area contributed by atoms with Crippen LogP contribution in [0.5, 0.6) is 0 Å². The number of carbonyl (C=O) groups excluding carboxylic acids is 1. The second-order valence-corrected chi connectivity index (χ2v) is 7.38. The molecule has 0 aromatic heterocycles. The maximum Gasteiger partial charge on any atom is 0.250 e. The fourth-order valence-corrected chi connectivity index (χ4v) is 4.41. The van der Waals surface area contributed by atoms with Gasteiger partial charge in [-0.1, -0.05) is 0 Å². The van der Waals surface area contributed by atoms with Gasteiger partial charge in [0.15, 0.2) is 9.84 Å². The molecule has 19 heavy (non-hydrogen) atoms. The van der Waals surface area contributed by atoms with Crippen LogP contribution in [-0.4, -0.2) is 31.4 Å². The largest absolute Gasteiger partial charge is 0.399 e. The molecule has 1 atom stereocenters. The molecule has 1 aliphatic heterocycles. The Hall–Kier alpha value is -1.76. The molecule has 7 heteroatoms. The molecule has 1 unspecified atom stereocenters. The van der Waals surface area contributed by atoms with Gasteiger partial charge in [0.05, 0.1) is 17.1 Å². The van der Waals surface area contributed by atoms with E-state index in [0.29, 0.717) is 23.4 Å². The van der Waals surface area contributed by atoms with Crippen LogP contribution in [0.15, 0.2) is 18.2 Å². The van der Waals surface area contributed by atoms with E-state index in [9.17, 15) is 13.2 Å². The van der Waals surface area contributed by atoms with Gasteiger partial charge < -0.3 is 16.8 Å². The first-order chi connectivity index (χ1) is 8.71. The van der Waals surface area contributed by atoms with Crippen molar-refractivity contribution in [3.05, 3.63) is 23.8 Å². The maximum atomic E-state index is 11.6. The van der Waals surface area contributed by atoms with Gasteiger partial charge in [-0.05, 0) is 31.5 Å². The van der Waals surface area contributed by atoms with E-state index in [-0.39, 0.29) is 11.5 Å². The molecule has 6 nitrogen and oxygen atoms in total. The number of hydrogen-bond acceptors (Lipinski definition) is 5. The zero-order valence-electron chi connectivity index (χ0n) is 10.6. The molecular formula is C12H17N3O3S. The highest BCUT2D eigenvalue weighted by Crippen LogP contribution is 2.30. The number of hydrogen-bond donors (Lipinski definition) is 3. The van der Waals surface area contributed by atoms with Gasteiger partial charge in [0.25, 0.3) is 5.91 Å². The van der Waals surface area contributed by atoms with E-state index < -0.39 is 21.3 Å². The van der Waals surface area contributed by atoms with Crippen LogP contribution in [0.3, 0.4) is 0 Å². The molecule has 5 N–H and O–H groups in total. The second-order valence-electron chi connectivity index (χ2n) is 5.20. The molecule has 1 heterocycles. The summed E-state index contributed by atoms with van der Waals surface area (Å²) in [6, 6.07) is 4.71. The Labute approximate surface area is 112 Å². The molecule has 2 rings (SSSR count). The molecule has 1 aromatic rings. The predicted molar refractivity (Wildman–Crippen MR) is 74.7 cm³/mol. The van der Waals surface area contributed by atoms with E-state index in [1.807, 2.05) is 6.92 Å². The zero-order valence-corrected chi connectivity index (χ0v) is 11.5. The van der Waals surface area contributed by atoms with Gasteiger partial charge in [0.2, 0.25) is 0 Å². The van der Waals surface area contributed by atoms with E-state index in [1.165, 1.54) is 6.07 Å². The number of anilines is 2. The molecule has 0 spiro atoms. The smallest absolute Gasteiger partial charge is 0.250 e. The average molecular weight is 283 g/mol. The molecule has 1 aromatic carbocycles. The standard InChI is InChI=1S/C12H17N3O3S/c1-12(4-5-19(17,18)7-12)15-10-6-8(13)2-3-9(10)11(14)16/h2-3,6,15H,4-5,7,13H2,1H3,(H2,14,16). The summed E-state index contributed by atoms with van der Waals surface area (Å²) in [6.07, 6.45) is 0.488. The van der Waals surface area contributed by atoms with E-state index >= 15 is 0 Å². The number of carbonyl (C=O) groups is 1. The first kappa shape index (κ1) is 13.7. The SMILES string of the molecule is CC1(Nc2cc(N)ccc2C(N)=O)CCS(=O)(=O)C1. The van der Waals surface area contributed by atoms with E-state index in [4.69, 9.17) is 11.5 Å². The normalized spacial score (nSPS) is 25.1. The van der Waals surface area contributed by atoms with Crippen molar-refractivity contribution in [2.45, 2.75) is 18.9 Å². The number of nitrogens with one attached hydrogen (secondary N) is 1. The van der Waals surface area contributed by atoms with Crippen LogP contribution in [0, 0.1) is 0 Å². The fourth-order valence-electron chi connectivity index (χ4n) is 2.31. The third kappa shape index (κ3) is 2.98. The number of nitrogens with two attached hydrogens (primary N) is 2. The lowest BCUT2D eigenvalue weighted by Gasteiger charge is -2.26. The molecule has 104 valence electrons. The van der Waals surface area contributed by atoms with Crippen molar-refractivity contribution >= 4 is 27.1 Å². The van der Waals surface area contributed by atoms with Crippen LogP contribution in [0.4, 0.5) is 11.4 Å². The second kappa shape index (κ2) is 4.41. The Balaban J connectivity index is 2.33. The summed E-state index contributed by atoms with van der Waals surface area (Å²) in [4.78, 5) is 11.4.